The van der Waals surface area contributed by atoms with Gasteiger partial charge >= 0.3 is 5.97 Å². The zero-order valence-electron chi connectivity index (χ0n) is 10.9. The lowest BCUT2D eigenvalue weighted by Crippen LogP contribution is -2.59. The second kappa shape index (κ2) is 5.64. The number of carbonyl (C=O) groups is 1. The first-order chi connectivity index (χ1) is 7.47. The summed E-state index contributed by atoms with van der Waals surface area (Å²) in [7, 11) is 0. The van der Waals surface area contributed by atoms with Gasteiger partial charge in [0.1, 0.15) is 0 Å². The number of carbonyl (C=O) groups excluding carboxylic acids is 1. The summed E-state index contributed by atoms with van der Waals surface area (Å²) in [5.41, 5.74) is 0.124. The predicted molar refractivity (Wildman–Crippen MR) is 64.3 cm³/mol. The molecule has 0 bridgehead atoms. The minimum atomic E-state index is -0.0863. The molecule has 4 heteroatoms. The smallest absolute Gasteiger partial charge is 0.309 e. The van der Waals surface area contributed by atoms with Gasteiger partial charge in [-0.3, -0.25) is 9.69 Å². The number of hydrogen-bond acceptors (Lipinski definition) is 4. The molecule has 0 aliphatic carbocycles. The van der Waals surface area contributed by atoms with Gasteiger partial charge in [-0.2, -0.15) is 0 Å². The molecule has 4 nitrogen and oxygen atoms in total. The lowest BCUT2D eigenvalue weighted by Gasteiger charge is -2.43. The van der Waals surface area contributed by atoms with E-state index in [1.54, 1.807) is 0 Å². The molecule has 1 heterocycles. The van der Waals surface area contributed by atoms with Gasteiger partial charge in [0.15, 0.2) is 0 Å². The second-order valence-corrected chi connectivity index (χ2v) is 5.09. The van der Waals surface area contributed by atoms with Crippen LogP contribution in [0.25, 0.3) is 0 Å². The highest BCUT2D eigenvalue weighted by Crippen LogP contribution is 2.18. The molecule has 16 heavy (non-hydrogen) atoms. The van der Waals surface area contributed by atoms with E-state index in [2.05, 4.69) is 24.1 Å². The Morgan fingerprint density at radius 1 is 1.56 bits per heavy atom. The molecular weight excluding hydrogens is 204 g/mol. The van der Waals surface area contributed by atoms with E-state index in [1.165, 1.54) is 0 Å². The van der Waals surface area contributed by atoms with E-state index in [4.69, 9.17) is 4.74 Å². The van der Waals surface area contributed by atoms with Gasteiger partial charge in [0.05, 0.1) is 12.5 Å². The largest absolute Gasteiger partial charge is 0.466 e. The molecule has 0 saturated carbocycles. The Bertz CT molecular complexity index is 241. The second-order valence-electron chi connectivity index (χ2n) is 5.09. The number of nitrogens with one attached hydrogen (secondary N) is 1. The average molecular weight is 228 g/mol. The first-order valence-electron chi connectivity index (χ1n) is 6.10. The van der Waals surface area contributed by atoms with Crippen LogP contribution in [0.5, 0.6) is 0 Å². The van der Waals surface area contributed by atoms with Crippen molar-refractivity contribution in [3.8, 4) is 0 Å². The Kier molecular flexibility index (Phi) is 4.74. The maximum absolute atomic E-state index is 11.6. The summed E-state index contributed by atoms with van der Waals surface area (Å²) in [5.74, 6) is -0.130. The van der Waals surface area contributed by atoms with Crippen LogP contribution in [-0.2, 0) is 9.53 Å². The fraction of sp³-hybridized carbons (Fsp3) is 0.917. The summed E-state index contributed by atoms with van der Waals surface area (Å²) >= 11 is 0. The lowest BCUT2D eigenvalue weighted by atomic mass is 9.98. The van der Waals surface area contributed by atoms with Gasteiger partial charge in [0.2, 0.25) is 0 Å². The van der Waals surface area contributed by atoms with Crippen LogP contribution < -0.4 is 5.32 Å². The molecule has 0 aromatic rings. The number of nitrogens with zero attached hydrogens (tertiary/aromatic N) is 1. The van der Waals surface area contributed by atoms with E-state index < -0.39 is 0 Å². The van der Waals surface area contributed by atoms with Crippen molar-refractivity contribution in [3.63, 3.8) is 0 Å². The van der Waals surface area contributed by atoms with E-state index in [9.17, 15) is 4.79 Å². The summed E-state index contributed by atoms with van der Waals surface area (Å²) in [6.07, 6.45) is 0. The highest BCUT2D eigenvalue weighted by atomic mass is 16.5. The van der Waals surface area contributed by atoms with E-state index in [-0.39, 0.29) is 17.4 Å². The van der Waals surface area contributed by atoms with Crippen LogP contribution in [0.4, 0.5) is 0 Å². The van der Waals surface area contributed by atoms with Crippen molar-refractivity contribution in [2.75, 3.05) is 32.8 Å². The Balaban J connectivity index is 2.48. The molecule has 1 aliphatic rings. The summed E-state index contributed by atoms with van der Waals surface area (Å²) in [5, 5.41) is 3.37. The number of esters is 1. The van der Waals surface area contributed by atoms with Crippen molar-refractivity contribution in [2.45, 2.75) is 33.2 Å². The van der Waals surface area contributed by atoms with Crippen molar-refractivity contribution in [2.24, 2.45) is 5.92 Å². The van der Waals surface area contributed by atoms with Gasteiger partial charge in [0, 0.05) is 31.7 Å². The summed E-state index contributed by atoms with van der Waals surface area (Å²) in [6.45, 7) is 12.4. The van der Waals surface area contributed by atoms with Crippen molar-refractivity contribution in [1.82, 2.24) is 10.2 Å². The van der Waals surface area contributed by atoms with E-state index in [0.717, 1.165) is 26.2 Å². The van der Waals surface area contributed by atoms with Crippen LogP contribution in [0.1, 0.15) is 27.7 Å². The molecule has 1 aliphatic heterocycles. The molecule has 1 saturated heterocycles. The Morgan fingerprint density at radius 3 is 2.81 bits per heavy atom. The van der Waals surface area contributed by atoms with Crippen LogP contribution >= 0.6 is 0 Å². The zero-order chi connectivity index (χ0) is 12.2. The molecule has 0 radical (unpaired) electrons. The van der Waals surface area contributed by atoms with Gasteiger partial charge in [-0.25, -0.2) is 0 Å². The number of piperazine rings is 1. The van der Waals surface area contributed by atoms with E-state index >= 15 is 0 Å². The Morgan fingerprint density at radius 2 is 2.25 bits per heavy atom. The molecule has 94 valence electrons. The van der Waals surface area contributed by atoms with Crippen molar-refractivity contribution in [1.29, 1.82) is 0 Å². The van der Waals surface area contributed by atoms with Gasteiger partial charge in [-0.05, 0) is 20.8 Å². The van der Waals surface area contributed by atoms with Crippen LogP contribution in [-0.4, -0.2) is 49.2 Å². The molecule has 1 atom stereocenters. The summed E-state index contributed by atoms with van der Waals surface area (Å²) in [4.78, 5) is 13.9. The monoisotopic (exact) mass is 228 g/mol. The first-order valence-corrected chi connectivity index (χ1v) is 6.10. The van der Waals surface area contributed by atoms with Gasteiger partial charge in [-0.15, -0.1) is 0 Å². The van der Waals surface area contributed by atoms with Crippen molar-refractivity contribution < 1.29 is 9.53 Å². The number of ether oxygens (including phenoxy) is 1. The highest BCUT2D eigenvalue weighted by molar-refractivity contribution is 5.72. The van der Waals surface area contributed by atoms with Gasteiger partial charge < -0.3 is 10.1 Å². The maximum Gasteiger partial charge on any atom is 0.309 e. The highest BCUT2D eigenvalue weighted by Gasteiger charge is 2.31. The minimum Gasteiger partial charge on any atom is -0.466 e. The zero-order valence-corrected chi connectivity index (χ0v) is 10.9. The van der Waals surface area contributed by atoms with Gasteiger partial charge in [-0.1, -0.05) is 6.92 Å². The lowest BCUT2D eigenvalue weighted by molar-refractivity contribution is -0.148. The number of rotatable bonds is 4. The van der Waals surface area contributed by atoms with Crippen LogP contribution in [0.2, 0.25) is 0 Å². The maximum atomic E-state index is 11.6. The third kappa shape index (κ3) is 3.46. The molecule has 1 N–H and O–H groups in total. The predicted octanol–water partition coefficient (Wildman–Crippen LogP) is 0.869. The van der Waals surface area contributed by atoms with Crippen LogP contribution in [0, 0.1) is 5.92 Å². The normalized spacial score (nSPS) is 22.8. The first kappa shape index (κ1) is 13.5. The molecule has 0 spiro atoms. The van der Waals surface area contributed by atoms with Crippen molar-refractivity contribution in [3.05, 3.63) is 0 Å². The number of hydrogen-bond donors (Lipinski definition) is 1. The Hall–Kier alpha value is -0.610. The molecular formula is C12H24N2O2. The quantitative estimate of drug-likeness (QED) is 0.725. The van der Waals surface area contributed by atoms with Crippen molar-refractivity contribution >= 4 is 5.97 Å². The summed E-state index contributed by atoms with van der Waals surface area (Å²) in [6, 6.07) is 0. The Labute approximate surface area is 98.3 Å². The van der Waals surface area contributed by atoms with Gasteiger partial charge in [0.25, 0.3) is 0 Å². The average Bonchev–Trinajstić information content (AvgIpc) is 2.21. The minimum absolute atomic E-state index is 0.0441. The molecule has 0 aromatic carbocycles. The standard InChI is InChI=1S/C12H24N2O2/c1-5-16-11(15)10(2)8-14-7-6-13-9-12(14,3)4/h10,13H,5-9H2,1-4H3. The van der Waals surface area contributed by atoms with E-state index in [0.29, 0.717) is 6.61 Å². The molecule has 0 aromatic heterocycles. The molecule has 0 amide bonds. The SMILES string of the molecule is CCOC(=O)C(C)CN1CCNCC1(C)C. The van der Waals surface area contributed by atoms with Crippen LogP contribution in [0.15, 0.2) is 0 Å². The molecule has 1 unspecified atom stereocenters. The third-order valence-electron chi connectivity index (χ3n) is 3.16. The fourth-order valence-corrected chi connectivity index (χ4v) is 2.05. The fourth-order valence-electron chi connectivity index (χ4n) is 2.05. The topological polar surface area (TPSA) is 41.6 Å². The molecule has 1 fully saturated rings. The third-order valence-corrected chi connectivity index (χ3v) is 3.16. The summed E-state index contributed by atoms with van der Waals surface area (Å²) < 4.78 is 5.03. The van der Waals surface area contributed by atoms with E-state index in [1.807, 2.05) is 13.8 Å². The van der Waals surface area contributed by atoms with Crippen LogP contribution in [0.3, 0.4) is 0 Å². The molecule has 1 rings (SSSR count).